The zero-order valence-electron chi connectivity index (χ0n) is 19.6. The lowest BCUT2D eigenvalue weighted by Crippen LogP contribution is -2.50. The molecule has 1 fully saturated rings. The summed E-state index contributed by atoms with van der Waals surface area (Å²) >= 11 is 12.6. The van der Waals surface area contributed by atoms with E-state index in [1.165, 1.54) is 12.1 Å². The molecule has 10 heteroatoms. The van der Waals surface area contributed by atoms with Gasteiger partial charge in [0, 0.05) is 30.8 Å². The Hall–Kier alpha value is -2.68. The van der Waals surface area contributed by atoms with Crippen LogP contribution in [-0.4, -0.2) is 43.7 Å². The number of anilines is 2. The van der Waals surface area contributed by atoms with Gasteiger partial charge in [0.25, 0.3) is 0 Å². The Balaban J connectivity index is 1.54. The first kappa shape index (κ1) is 25.4. The zero-order chi connectivity index (χ0) is 25.2. The Morgan fingerprint density at radius 1 is 1.31 bits per heavy atom. The number of H-pyrrole nitrogens is 1. The van der Waals surface area contributed by atoms with Crippen LogP contribution in [0.15, 0.2) is 36.4 Å². The van der Waals surface area contributed by atoms with E-state index >= 15 is 0 Å². The van der Waals surface area contributed by atoms with Crippen molar-refractivity contribution < 1.29 is 14.3 Å². The van der Waals surface area contributed by atoms with Crippen molar-refractivity contribution in [3.05, 3.63) is 69.2 Å². The van der Waals surface area contributed by atoms with Crippen LogP contribution < -0.4 is 5.32 Å². The highest BCUT2D eigenvalue weighted by molar-refractivity contribution is 6.42. The van der Waals surface area contributed by atoms with Gasteiger partial charge in [-0.15, -0.1) is 0 Å². The molecule has 3 heterocycles. The van der Waals surface area contributed by atoms with Crippen LogP contribution in [0.1, 0.15) is 43.1 Å². The van der Waals surface area contributed by atoms with Gasteiger partial charge in [0.1, 0.15) is 11.6 Å². The first-order valence-corrected chi connectivity index (χ1v) is 12.3. The van der Waals surface area contributed by atoms with Gasteiger partial charge in [-0.25, -0.2) is 9.37 Å². The van der Waals surface area contributed by atoms with Crippen molar-refractivity contribution in [1.29, 1.82) is 0 Å². The van der Waals surface area contributed by atoms with Gasteiger partial charge in [-0.1, -0.05) is 42.3 Å². The Kier molecular flexibility index (Phi) is 7.64. The van der Waals surface area contributed by atoms with Crippen molar-refractivity contribution in [2.75, 3.05) is 11.9 Å². The molecule has 0 radical (unpaired) electrons. The molecule has 2 aromatic heterocycles. The quantitative estimate of drug-likeness (QED) is 0.338. The lowest BCUT2D eigenvalue weighted by Gasteiger charge is -2.44. The molecule has 4 rings (SSSR count). The summed E-state index contributed by atoms with van der Waals surface area (Å²) in [4.78, 5) is 19.2. The predicted octanol–water partition coefficient (Wildman–Crippen LogP) is 5.99. The van der Waals surface area contributed by atoms with Crippen LogP contribution in [0.4, 0.5) is 16.0 Å². The SMILES string of the molecule is CC[C@@H]1CC(Cc2nc(Nc3cc(C)[nH]n3)ccc2F)(C(=O)O)CCN1Cc1cccc(Cl)c1Cl. The minimum Gasteiger partial charge on any atom is -0.481 e. The van der Waals surface area contributed by atoms with Gasteiger partial charge in [-0.3, -0.25) is 14.8 Å². The van der Waals surface area contributed by atoms with Crippen molar-refractivity contribution in [1.82, 2.24) is 20.1 Å². The van der Waals surface area contributed by atoms with E-state index in [-0.39, 0.29) is 18.2 Å². The molecule has 1 aromatic carbocycles. The van der Waals surface area contributed by atoms with E-state index in [9.17, 15) is 14.3 Å². The maximum atomic E-state index is 14.8. The third-order valence-corrected chi connectivity index (χ3v) is 7.59. The predicted molar refractivity (Wildman–Crippen MR) is 135 cm³/mol. The van der Waals surface area contributed by atoms with Crippen LogP contribution in [-0.2, 0) is 17.8 Å². The largest absolute Gasteiger partial charge is 0.481 e. The van der Waals surface area contributed by atoms with Crippen molar-refractivity contribution in [2.45, 2.75) is 52.1 Å². The molecule has 1 saturated heterocycles. The third-order valence-electron chi connectivity index (χ3n) is 6.74. The average Bonchev–Trinajstić information content (AvgIpc) is 3.24. The van der Waals surface area contributed by atoms with Crippen LogP contribution in [0.5, 0.6) is 0 Å². The highest BCUT2D eigenvalue weighted by Gasteiger charge is 2.46. The molecule has 3 aromatic rings. The van der Waals surface area contributed by atoms with Gasteiger partial charge in [-0.05, 0) is 56.5 Å². The number of nitrogens with zero attached hydrogens (tertiary/aromatic N) is 3. The Morgan fingerprint density at radius 2 is 2.11 bits per heavy atom. The van der Waals surface area contributed by atoms with Crippen molar-refractivity contribution in [3.8, 4) is 0 Å². The monoisotopic (exact) mass is 519 g/mol. The van der Waals surface area contributed by atoms with Gasteiger partial charge in [-0.2, -0.15) is 5.10 Å². The number of pyridine rings is 1. The van der Waals surface area contributed by atoms with Crippen molar-refractivity contribution in [2.24, 2.45) is 5.41 Å². The molecule has 3 N–H and O–H groups in total. The number of benzene rings is 1. The number of aromatic nitrogens is 3. The minimum atomic E-state index is -1.12. The molecule has 0 aliphatic carbocycles. The standard InChI is InChI=1S/C25H28Cl2FN5O2/c1-3-17-12-25(24(34)35,9-10-33(17)14-16-5-4-6-18(26)23(16)27)13-20-19(28)7-8-21(29-20)30-22-11-15(2)31-32-22/h4-8,11,17H,3,9-10,12-14H2,1-2H3,(H,34,35)(H2,29,30,31,32)/t17-,25?/m1/s1. The van der Waals surface area contributed by atoms with Crippen LogP contribution >= 0.6 is 23.2 Å². The fourth-order valence-corrected chi connectivity index (χ4v) is 5.14. The molecule has 0 saturated carbocycles. The summed E-state index contributed by atoms with van der Waals surface area (Å²) in [5.41, 5.74) is 0.785. The number of rotatable bonds is 8. The molecular weight excluding hydrogens is 492 g/mol. The number of hydrogen-bond donors (Lipinski definition) is 3. The second kappa shape index (κ2) is 10.5. The maximum absolute atomic E-state index is 14.8. The van der Waals surface area contributed by atoms with E-state index in [2.05, 4.69) is 25.4 Å². The molecule has 1 aliphatic rings. The molecule has 186 valence electrons. The summed E-state index contributed by atoms with van der Waals surface area (Å²) in [7, 11) is 0. The van der Waals surface area contributed by atoms with Crippen molar-refractivity contribution >= 4 is 40.8 Å². The number of carboxylic acid groups (broad SMARTS) is 1. The molecule has 0 bridgehead atoms. The highest BCUT2D eigenvalue weighted by Crippen LogP contribution is 2.41. The van der Waals surface area contributed by atoms with Crippen LogP contribution in [0.3, 0.4) is 0 Å². The number of aliphatic carboxylic acids is 1. The number of piperidine rings is 1. The van der Waals surface area contributed by atoms with Crippen LogP contribution in [0.2, 0.25) is 10.0 Å². The fraction of sp³-hybridized carbons (Fsp3) is 0.400. The summed E-state index contributed by atoms with van der Waals surface area (Å²) in [5, 5.41) is 21.3. The smallest absolute Gasteiger partial charge is 0.310 e. The first-order chi connectivity index (χ1) is 16.7. The highest BCUT2D eigenvalue weighted by atomic mass is 35.5. The summed E-state index contributed by atoms with van der Waals surface area (Å²) < 4.78 is 14.8. The topological polar surface area (TPSA) is 94.1 Å². The summed E-state index contributed by atoms with van der Waals surface area (Å²) in [5.74, 6) is -0.484. The Bertz CT molecular complexity index is 1220. The summed E-state index contributed by atoms with van der Waals surface area (Å²) in [6, 6.07) is 10.2. The van der Waals surface area contributed by atoms with E-state index in [0.717, 1.165) is 17.7 Å². The molecule has 1 unspecified atom stereocenters. The van der Waals surface area contributed by atoms with E-state index in [4.69, 9.17) is 23.2 Å². The normalized spacial score (nSPS) is 20.7. The van der Waals surface area contributed by atoms with Crippen molar-refractivity contribution in [3.63, 3.8) is 0 Å². The van der Waals surface area contributed by atoms with Gasteiger partial charge in [0.2, 0.25) is 0 Å². The number of aromatic amines is 1. The van der Waals surface area contributed by atoms with Gasteiger partial charge < -0.3 is 10.4 Å². The lowest BCUT2D eigenvalue weighted by molar-refractivity contribution is -0.154. The summed E-state index contributed by atoms with van der Waals surface area (Å²) in [6.07, 6.45) is 1.51. The fourth-order valence-electron chi connectivity index (χ4n) is 4.76. The maximum Gasteiger partial charge on any atom is 0.310 e. The number of likely N-dealkylation sites (tertiary alicyclic amines) is 1. The number of nitrogens with one attached hydrogen (secondary N) is 2. The number of hydrogen-bond acceptors (Lipinski definition) is 5. The van der Waals surface area contributed by atoms with Crippen LogP contribution in [0.25, 0.3) is 0 Å². The number of carbonyl (C=O) groups is 1. The molecule has 7 nitrogen and oxygen atoms in total. The van der Waals surface area contributed by atoms with E-state index in [1.807, 2.05) is 26.0 Å². The molecular formula is C25H28Cl2FN5O2. The van der Waals surface area contributed by atoms with E-state index < -0.39 is 17.2 Å². The van der Waals surface area contributed by atoms with Gasteiger partial charge in [0.15, 0.2) is 5.82 Å². The number of carboxylic acids is 1. The molecule has 2 atom stereocenters. The van der Waals surface area contributed by atoms with Gasteiger partial charge >= 0.3 is 5.97 Å². The van der Waals surface area contributed by atoms with E-state index in [0.29, 0.717) is 47.6 Å². The molecule has 35 heavy (non-hydrogen) atoms. The summed E-state index contributed by atoms with van der Waals surface area (Å²) in [6.45, 7) is 5.02. The second-order valence-electron chi connectivity index (χ2n) is 9.15. The zero-order valence-corrected chi connectivity index (χ0v) is 21.1. The average molecular weight is 520 g/mol. The third kappa shape index (κ3) is 5.60. The Morgan fingerprint density at radius 3 is 2.80 bits per heavy atom. The molecule has 1 aliphatic heterocycles. The second-order valence-corrected chi connectivity index (χ2v) is 9.93. The molecule has 0 spiro atoms. The first-order valence-electron chi connectivity index (χ1n) is 11.6. The number of aryl methyl sites for hydroxylation is 1. The van der Waals surface area contributed by atoms with Crippen LogP contribution in [0, 0.1) is 18.2 Å². The van der Waals surface area contributed by atoms with Gasteiger partial charge in [0.05, 0.1) is 21.2 Å². The lowest BCUT2D eigenvalue weighted by atomic mass is 9.71. The minimum absolute atomic E-state index is 0.00550. The number of halogens is 3. The molecule has 0 amide bonds. The Labute approximate surface area is 213 Å². The van der Waals surface area contributed by atoms with E-state index in [1.54, 1.807) is 12.1 Å².